The van der Waals surface area contributed by atoms with E-state index in [1.54, 1.807) is 24.3 Å². The van der Waals surface area contributed by atoms with Crippen LogP contribution in [0.3, 0.4) is 0 Å². The Hall–Kier alpha value is -5.10. The number of carbonyl (C=O) groups is 2. The van der Waals surface area contributed by atoms with Gasteiger partial charge in [-0.3, -0.25) is 14.5 Å². The number of primary amides is 1. The zero-order valence-corrected chi connectivity index (χ0v) is 32.4. The fraction of sp³-hybridized carbons (Fsp3) is 0.409. The minimum atomic E-state index is -0.571. The van der Waals surface area contributed by atoms with Crippen molar-refractivity contribution in [1.29, 1.82) is 0 Å². The molecule has 0 unspecified atom stereocenters. The molecule has 0 radical (unpaired) electrons. The van der Waals surface area contributed by atoms with Gasteiger partial charge < -0.3 is 26.0 Å². The van der Waals surface area contributed by atoms with Crippen LogP contribution in [0.1, 0.15) is 81.8 Å². The van der Waals surface area contributed by atoms with E-state index in [-0.39, 0.29) is 11.9 Å². The van der Waals surface area contributed by atoms with Crippen LogP contribution in [0.4, 0.5) is 5.69 Å². The van der Waals surface area contributed by atoms with Gasteiger partial charge in [0.15, 0.2) is 5.65 Å². The SMILES string of the molecule is CCc1nc2c(cnn2CC)c(NC2CCOCC2)c1CN(Cc1ccc(C)c(-c2cccc(CN3CCCNCC3)c2)c1)C(=O)c1cccc(C(N)=O)c1. The Bertz CT molecular complexity index is 2130. The molecule has 4 heterocycles. The zero-order chi connectivity index (χ0) is 38.3. The molecule has 2 saturated heterocycles. The van der Waals surface area contributed by atoms with Crippen molar-refractivity contribution in [1.82, 2.24) is 29.9 Å². The number of ether oxygens (including phenoxy) is 1. The van der Waals surface area contributed by atoms with Crippen molar-refractivity contribution in [2.24, 2.45) is 5.73 Å². The fourth-order valence-electron chi connectivity index (χ4n) is 7.91. The maximum atomic E-state index is 14.7. The predicted octanol–water partition coefficient (Wildman–Crippen LogP) is 6.32. The van der Waals surface area contributed by atoms with Gasteiger partial charge in [-0.1, -0.05) is 43.3 Å². The number of pyridine rings is 1. The topological polar surface area (TPSA) is 131 Å². The van der Waals surface area contributed by atoms with E-state index in [0.29, 0.717) is 50.4 Å². The lowest BCUT2D eigenvalue weighted by atomic mass is 9.96. The lowest BCUT2D eigenvalue weighted by Gasteiger charge is -2.29. The second-order valence-corrected chi connectivity index (χ2v) is 14.8. The monoisotopic (exact) mass is 742 g/mol. The standard InChI is InChI=1S/C44H54N8O3/c1-4-40-39(41(48-36-15-21-55-22-16-36)38-26-47-52(5-2)43(38)49-40)29-51(44(54)35-12-7-11-34(25-35)42(45)53)28-32-14-13-30(3)37(24-32)33-10-6-9-31(23-33)27-50-19-8-17-46-18-20-50/h6-7,9-14,23-26,36,46H,4-5,8,15-22,27-29H2,1-3H3,(H2,45,53)(H,48,49). The highest BCUT2D eigenvalue weighted by atomic mass is 16.5. The molecule has 2 amide bonds. The van der Waals surface area contributed by atoms with Crippen LogP contribution >= 0.6 is 0 Å². The van der Waals surface area contributed by atoms with Crippen LogP contribution in [0.5, 0.6) is 0 Å². The van der Waals surface area contributed by atoms with Gasteiger partial charge in [0.2, 0.25) is 5.91 Å². The smallest absolute Gasteiger partial charge is 0.254 e. The van der Waals surface area contributed by atoms with Crippen LogP contribution in [-0.2, 0) is 37.3 Å². The van der Waals surface area contributed by atoms with E-state index in [1.807, 2.05) is 15.8 Å². The summed E-state index contributed by atoms with van der Waals surface area (Å²) in [5.74, 6) is -0.763. The van der Waals surface area contributed by atoms with Crippen molar-refractivity contribution in [3.8, 4) is 11.1 Å². The molecular formula is C44H54N8O3. The normalized spacial score (nSPS) is 15.5. The summed E-state index contributed by atoms with van der Waals surface area (Å²) in [6, 6.07) is 22.3. The predicted molar refractivity (Wildman–Crippen MR) is 218 cm³/mol. The Balaban J connectivity index is 1.27. The van der Waals surface area contributed by atoms with Crippen LogP contribution in [0, 0.1) is 6.92 Å². The number of aryl methyl sites for hydroxylation is 3. The first kappa shape index (κ1) is 38.2. The number of benzene rings is 3. The zero-order valence-electron chi connectivity index (χ0n) is 32.4. The van der Waals surface area contributed by atoms with Gasteiger partial charge in [-0.15, -0.1) is 0 Å². The molecule has 5 aromatic rings. The van der Waals surface area contributed by atoms with E-state index in [4.69, 9.17) is 15.5 Å². The highest BCUT2D eigenvalue weighted by molar-refractivity contribution is 5.99. The van der Waals surface area contributed by atoms with Crippen molar-refractivity contribution in [3.05, 3.63) is 112 Å². The Kier molecular flexibility index (Phi) is 12.2. The second-order valence-electron chi connectivity index (χ2n) is 14.8. The van der Waals surface area contributed by atoms with E-state index < -0.39 is 5.91 Å². The molecule has 2 aliphatic rings. The summed E-state index contributed by atoms with van der Waals surface area (Å²) < 4.78 is 7.63. The second kappa shape index (κ2) is 17.6. The van der Waals surface area contributed by atoms with Gasteiger partial charge in [0.25, 0.3) is 5.91 Å². The van der Waals surface area contributed by atoms with Gasteiger partial charge in [-0.05, 0) is 111 Å². The number of hydrogen-bond acceptors (Lipinski definition) is 8. The van der Waals surface area contributed by atoms with Gasteiger partial charge in [0, 0.05) is 74.4 Å². The third-order valence-corrected chi connectivity index (χ3v) is 11.0. The molecule has 4 N–H and O–H groups in total. The highest BCUT2D eigenvalue weighted by Crippen LogP contribution is 2.34. The number of nitrogens with one attached hydrogen (secondary N) is 2. The summed E-state index contributed by atoms with van der Waals surface area (Å²) in [5.41, 5.74) is 15.9. The number of fused-ring (bicyclic) bond motifs is 1. The summed E-state index contributed by atoms with van der Waals surface area (Å²) in [4.78, 5) is 36.5. The first-order valence-electron chi connectivity index (χ1n) is 19.8. The molecule has 11 nitrogen and oxygen atoms in total. The van der Waals surface area contributed by atoms with E-state index in [1.165, 1.54) is 11.1 Å². The van der Waals surface area contributed by atoms with Gasteiger partial charge in [-0.25, -0.2) is 9.67 Å². The molecule has 0 spiro atoms. The fourth-order valence-corrected chi connectivity index (χ4v) is 7.91. The molecule has 2 aromatic heterocycles. The maximum Gasteiger partial charge on any atom is 0.254 e. The van der Waals surface area contributed by atoms with Crippen LogP contribution < -0.4 is 16.4 Å². The number of nitrogens with two attached hydrogens (primary N) is 1. The first-order chi connectivity index (χ1) is 26.8. The summed E-state index contributed by atoms with van der Waals surface area (Å²) in [6.45, 7) is 14.2. The van der Waals surface area contributed by atoms with E-state index in [2.05, 4.69) is 83.9 Å². The van der Waals surface area contributed by atoms with Crippen molar-refractivity contribution in [2.75, 3.05) is 44.7 Å². The van der Waals surface area contributed by atoms with Crippen LogP contribution in [0.15, 0.2) is 72.9 Å². The summed E-state index contributed by atoms with van der Waals surface area (Å²) in [5, 5.41) is 13.0. The van der Waals surface area contributed by atoms with Crippen LogP contribution in [0.2, 0.25) is 0 Å². The van der Waals surface area contributed by atoms with E-state index in [0.717, 1.165) is 96.7 Å². The molecule has 2 fully saturated rings. The number of nitrogens with zero attached hydrogens (tertiary/aromatic N) is 5. The summed E-state index contributed by atoms with van der Waals surface area (Å²) in [7, 11) is 0. The molecule has 0 aliphatic carbocycles. The number of carbonyl (C=O) groups excluding carboxylic acids is 2. The third-order valence-electron chi connectivity index (χ3n) is 11.0. The molecule has 3 aromatic carbocycles. The van der Waals surface area contributed by atoms with E-state index in [9.17, 15) is 9.59 Å². The molecule has 7 rings (SSSR count). The molecule has 0 bridgehead atoms. The molecule has 11 heteroatoms. The van der Waals surface area contributed by atoms with Crippen LogP contribution in [-0.4, -0.2) is 81.8 Å². The Morgan fingerprint density at radius 1 is 0.964 bits per heavy atom. The molecular weight excluding hydrogens is 689 g/mol. The minimum Gasteiger partial charge on any atom is -0.381 e. The molecule has 55 heavy (non-hydrogen) atoms. The number of amides is 2. The summed E-state index contributed by atoms with van der Waals surface area (Å²) in [6.07, 6.45) is 5.50. The lowest BCUT2D eigenvalue weighted by molar-refractivity contribution is 0.0730. The number of aromatic nitrogens is 3. The van der Waals surface area contributed by atoms with Gasteiger partial charge in [0.05, 0.1) is 23.8 Å². The van der Waals surface area contributed by atoms with Crippen molar-refractivity contribution in [3.63, 3.8) is 0 Å². The van der Waals surface area contributed by atoms with Crippen LogP contribution in [0.25, 0.3) is 22.2 Å². The third kappa shape index (κ3) is 8.91. The number of rotatable bonds is 13. The molecule has 0 saturated carbocycles. The Labute approximate surface area is 324 Å². The number of anilines is 1. The van der Waals surface area contributed by atoms with Crippen molar-refractivity contribution >= 4 is 28.5 Å². The summed E-state index contributed by atoms with van der Waals surface area (Å²) >= 11 is 0. The first-order valence-corrected chi connectivity index (χ1v) is 19.8. The largest absolute Gasteiger partial charge is 0.381 e. The Morgan fingerprint density at radius 2 is 1.78 bits per heavy atom. The van der Waals surface area contributed by atoms with Gasteiger partial charge in [-0.2, -0.15) is 5.10 Å². The Morgan fingerprint density at radius 3 is 2.58 bits per heavy atom. The average molecular weight is 743 g/mol. The van der Waals surface area contributed by atoms with E-state index >= 15 is 0 Å². The van der Waals surface area contributed by atoms with Crippen molar-refractivity contribution in [2.45, 2.75) is 78.7 Å². The molecule has 288 valence electrons. The minimum absolute atomic E-state index is 0.192. The molecule has 2 aliphatic heterocycles. The maximum absolute atomic E-state index is 14.7. The number of hydrogen-bond donors (Lipinski definition) is 3. The highest BCUT2D eigenvalue weighted by Gasteiger charge is 2.26. The van der Waals surface area contributed by atoms with Gasteiger partial charge in [0.1, 0.15) is 0 Å². The lowest BCUT2D eigenvalue weighted by Crippen LogP contribution is -2.33. The molecule has 0 atom stereocenters. The quantitative estimate of drug-likeness (QED) is 0.128. The van der Waals surface area contributed by atoms with Crippen molar-refractivity contribution < 1.29 is 14.3 Å². The van der Waals surface area contributed by atoms with Gasteiger partial charge >= 0.3 is 0 Å². The average Bonchev–Trinajstić information content (AvgIpc) is 3.45.